The zero-order chi connectivity index (χ0) is 13.7. The van der Waals surface area contributed by atoms with E-state index >= 15 is 0 Å². The second-order valence-electron chi connectivity index (χ2n) is 5.04. The van der Waals surface area contributed by atoms with E-state index in [1.165, 1.54) is 29.5 Å². The number of aryl methyl sites for hydroxylation is 2. The summed E-state index contributed by atoms with van der Waals surface area (Å²) < 4.78 is 5.59. The van der Waals surface area contributed by atoms with Crippen molar-refractivity contribution >= 4 is 0 Å². The van der Waals surface area contributed by atoms with E-state index in [9.17, 15) is 0 Å². The molecule has 1 atom stereocenters. The van der Waals surface area contributed by atoms with Crippen molar-refractivity contribution in [1.29, 1.82) is 0 Å². The third-order valence-corrected chi connectivity index (χ3v) is 3.86. The predicted molar refractivity (Wildman–Crippen MR) is 78.3 cm³/mol. The fourth-order valence-corrected chi connectivity index (χ4v) is 2.88. The van der Waals surface area contributed by atoms with Crippen LogP contribution in [0, 0.1) is 19.8 Å². The van der Waals surface area contributed by atoms with Gasteiger partial charge in [-0.15, -0.1) is 0 Å². The first-order valence-corrected chi connectivity index (χ1v) is 6.91. The molecule has 0 saturated heterocycles. The summed E-state index contributed by atoms with van der Waals surface area (Å²) in [6, 6.07) is 4.75. The molecule has 1 aromatic rings. The number of ether oxygens (including phenoxy) is 1. The average molecular weight is 249 g/mol. The number of methoxy groups -OCH3 is 1. The van der Waals surface area contributed by atoms with Crippen LogP contribution in [-0.4, -0.2) is 14.2 Å². The molecular formula is C16H27NO. The summed E-state index contributed by atoms with van der Waals surface area (Å²) in [5, 5.41) is 3.48. The van der Waals surface area contributed by atoms with Crippen LogP contribution in [0.5, 0.6) is 5.75 Å². The van der Waals surface area contributed by atoms with Crippen molar-refractivity contribution in [3.05, 3.63) is 28.8 Å². The van der Waals surface area contributed by atoms with Gasteiger partial charge in [0.25, 0.3) is 0 Å². The maximum Gasteiger partial charge on any atom is 0.124 e. The molecule has 0 heterocycles. The average Bonchev–Trinajstić information content (AvgIpc) is 2.36. The number of hydrogen-bond donors (Lipinski definition) is 1. The lowest BCUT2D eigenvalue weighted by Crippen LogP contribution is -2.26. The molecule has 0 saturated carbocycles. The van der Waals surface area contributed by atoms with Crippen LogP contribution in [0.25, 0.3) is 0 Å². The van der Waals surface area contributed by atoms with E-state index in [2.05, 4.69) is 45.1 Å². The molecule has 0 spiro atoms. The Labute approximate surface area is 112 Å². The standard InChI is InChI=1S/C16H27NO/c1-7-13(8-2)16(17-5)15-12(4)9-11(3)10-14(15)18-6/h9-10,13,16-17H,7-8H2,1-6H3. The number of rotatable bonds is 6. The smallest absolute Gasteiger partial charge is 0.124 e. The zero-order valence-corrected chi connectivity index (χ0v) is 12.6. The van der Waals surface area contributed by atoms with Gasteiger partial charge in [-0.25, -0.2) is 0 Å². The quantitative estimate of drug-likeness (QED) is 0.822. The Hall–Kier alpha value is -1.02. The van der Waals surface area contributed by atoms with Gasteiger partial charge in [0.05, 0.1) is 7.11 Å². The number of hydrogen-bond acceptors (Lipinski definition) is 2. The van der Waals surface area contributed by atoms with Gasteiger partial charge in [-0.05, 0) is 44.0 Å². The molecule has 1 N–H and O–H groups in total. The van der Waals surface area contributed by atoms with Crippen molar-refractivity contribution in [3.8, 4) is 5.75 Å². The number of benzene rings is 1. The second-order valence-corrected chi connectivity index (χ2v) is 5.04. The Morgan fingerprint density at radius 3 is 2.22 bits per heavy atom. The molecule has 0 radical (unpaired) electrons. The summed E-state index contributed by atoms with van der Waals surface area (Å²) in [6.45, 7) is 8.81. The molecule has 102 valence electrons. The van der Waals surface area contributed by atoms with Gasteiger partial charge < -0.3 is 10.1 Å². The summed E-state index contributed by atoms with van der Waals surface area (Å²) in [7, 11) is 3.80. The molecule has 0 amide bonds. The first-order valence-electron chi connectivity index (χ1n) is 6.91. The van der Waals surface area contributed by atoms with Crippen LogP contribution >= 0.6 is 0 Å². The fraction of sp³-hybridized carbons (Fsp3) is 0.625. The van der Waals surface area contributed by atoms with Crippen LogP contribution in [-0.2, 0) is 0 Å². The van der Waals surface area contributed by atoms with E-state index in [1.807, 2.05) is 7.05 Å². The Morgan fingerprint density at radius 2 is 1.78 bits per heavy atom. The van der Waals surface area contributed by atoms with Crippen LogP contribution in [0.1, 0.15) is 49.4 Å². The van der Waals surface area contributed by atoms with E-state index in [-0.39, 0.29) is 0 Å². The highest BCUT2D eigenvalue weighted by Gasteiger charge is 2.23. The first kappa shape index (κ1) is 15.0. The van der Waals surface area contributed by atoms with E-state index in [1.54, 1.807) is 7.11 Å². The van der Waals surface area contributed by atoms with Crippen LogP contribution in [0.2, 0.25) is 0 Å². The van der Waals surface area contributed by atoms with Gasteiger partial charge in [0.15, 0.2) is 0 Å². The minimum Gasteiger partial charge on any atom is -0.496 e. The lowest BCUT2D eigenvalue weighted by Gasteiger charge is -2.28. The molecule has 0 aromatic heterocycles. The lowest BCUT2D eigenvalue weighted by molar-refractivity contribution is 0.338. The Kier molecular flexibility index (Phi) is 5.67. The SMILES string of the molecule is CCC(CC)C(NC)c1c(C)cc(C)cc1OC. The highest BCUT2D eigenvalue weighted by atomic mass is 16.5. The normalized spacial score (nSPS) is 12.8. The Balaban J connectivity index is 3.27. The Bertz CT molecular complexity index is 383. The van der Waals surface area contributed by atoms with Gasteiger partial charge in [-0.3, -0.25) is 0 Å². The maximum atomic E-state index is 5.59. The summed E-state index contributed by atoms with van der Waals surface area (Å²) in [5.41, 5.74) is 3.89. The molecular weight excluding hydrogens is 222 g/mol. The van der Waals surface area contributed by atoms with Crippen LogP contribution in [0.4, 0.5) is 0 Å². The molecule has 18 heavy (non-hydrogen) atoms. The van der Waals surface area contributed by atoms with E-state index in [0.29, 0.717) is 12.0 Å². The molecule has 0 aliphatic heterocycles. The second kappa shape index (κ2) is 6.79. The monoisotopic (exact) mass is 249 g/mol. The lowest BCUT2D eigenvalue weighted by atomic mass is 9.86. The van der Waals surface area contributed by atoms with Gasteiger partial charge in [-0.2, -0.15) is 0 Å². The Morgan fingerprint density at radius 1 is 1.17 bits per heavy atom. The summed E-state index contributed by atoms with van der Waals surface area (Å²) >= 11 is 0. The fourth-order valence-electron chi connectivity index (χ4n) is 2.88. The highest BCUT2D eigenvalue weighted by molar-refractivity contribution is 5.45. The maximum absolute atomic E-state index is 5.59. The third kappa shape index (κ3) is 3.05. The van der Waals surface area contributed by atoms with Crippen LogP contribution in [0.3, 0.4) is 0 Å². The molecule has 0 fully saturated rings. The van der Waals surface area contributed by atoms with Crippen molar-refractivity contribution in [1.82, 2.24) is 5.32 Å². The van der Waals surface area contributed by atoms with Crippen LogP contribution in [0.15, 0.2) is 12.1 Å². The van der Waals surface area contributed by atoms with Gasteiger partial charge in [0.1, 0.15) is 5.75 Å². The van der Waals surface area contributed by atoms with Crippen molar-refractivity contribution in [2.75, 3.05) is 14.2 Å². The van der Waals surface area contributed by atoms with Crippen molar-refractivity contribution in [2.45, 2.75) is 46.6 Å². The number of nitrogens with one attached hydrogen (secondary N) is 1. The van der Waals surface area contributed by atoms with E-state index in [0.717, 1.165) is 5.75 Å². The van der Waals surface area contributed by atoms with Crippen molar-refractivity contribution < 1.29 is 4.74 Å². The van der Waals surface area contributed by atoms with Gasteiger partial charge in [-0.1, -0.05) is 32.8 Å². The molecule has 0 aliphatic rings. The first-order chi connectivity index (χ1) is 8.58. The molecule has 1 rings (SSSR count). The zero-order valence-electron chi connectivity index (χ0n) is 12.6. The largest absolute Gasteiger partial charge is 0.496 e. The molecule has 0 bridgehead atoms. The topological polar surface area (TPSA) is 21.3 Å². The third-order valence-electron chi connectivity index (χ3n) is 3.86. The van der Waals surface area contributed by atoms with E-state index in [4.69, 9.17) is 4.74 Å². The highest BCUT2D eigenvalue weighted by Crippen LogP contribution is 2.36. The van der Waals surface area contributed by atoms with Gasteiger partial charge >= 0.3 is 0 Å². The minimum atomic E-state index is 0.371. The van der Waals surface area contributed by atoms with Gasteiger partial charge in [0, 0.05) is 11.6 Å². The minimum absolute atomic E-state index is 0.371. The predicted octanol–water partition coefficient (Wildman–Crippen LogP) is 4.01. The van der Waals surface area contributed by atoms with Crippen molar-refractivity contribution in [3.63, 3.8) is 0 Å². The van der Waals surface area contributed by atoms with Crippen LogP contribution < -0.4 is 10.1 Å². The molecule has 1 unspecified atom stereocenters. The molecule has 2 nitrogen and oxygen atoms in total. The van der Waals surface area contributed by atoms with E-state index < -0.39 is 0 Å². The van der Waals surface area contributed by atoms with Crippen molar-refractivity contribution in [2.24, 2.45) is 5.92 Å². The summed E-state index contributed by atoms with van der Waals surface area (Å²) in [5.74, 6) is 1.66. The van der Waals surface area contributed by atoms with Gasteiger partial charge in [0.2, 0.25) is 0 Å². The molecule has 1 aromatic carbocycles. The molecule has 2 heteroatoms. The summed E-state index contributed by atoms with van der Waals surface area (Å²) in [6.07, 6.45) is 2.36. The molecule has 0 aliphatic carbocycles. The summed E-state index contributed by atoms with van der Waals surface area (Å²) in [4.78, 5) is 0.